The van der Waals surface area contributed by atoms with Gasteiger partial charge < -0.3 is 8.83 Å². The average Bonchev–Trinajstić information content (AvgIpc) is 4.05. The van der Waals surface area contributed by atoms with Gasteiger partial charge in [0, 0.05) is 21.5 Å². The summed E-state index contributed by atoms with van der Waals surface area (Å²) in [5, 5.41) is 19.6. The lowest BCUT2D eigenvalue weighted by Crippen LogP contribution is -1.90. The largest absolute Gasteiger partial charge is 0.456 e. The third-order valence-corrected chi connectivity index (χ3v) is 15.8. The highest BCUT2D eigenvalue weighted by Crippen LogP contribution is 2.44. The first-order chi connectivity index (χ1) is 36.6. The Morgan fingerprint density at radius 1 is 0.149 bits per heavy atom. The number of hydrogen-bond acceptors (Lipinski definition) is 2. The van der Waals surface area contributed by atoms with Crippen molar-refractivity contribution in [3.63, 3.8) is 0 Å². The van der Waals surface area contributed by atoms with Crippen molar-refractivity contribution in [2.45, 2.75) is 0 Å². The van der Waals surface area contributed by atoms with Crippen LogP contribution in [-0.4, -0.2) is 0 Å². The normalized spacial score (nSPS) is 12.1. The van der Waals surface area contributed by atoms with E-state index < -0.39 is 0 Å². The second kappa shape index (κ2) is 15.9. The maximum absolute atomic E-state index is 6.52. The highest BCUT2D eigenvalue weighted by atomic mass is 16.3. The van der Waals surface area contributed by atoms with Crippen molar-refractivity contribution in [1.82, 2.24) is 0 Å². The second-order valence-electron chi connectivity index (χ2n) is 19.9. The number of rotatable bonds is 5. The van der Waals surface area contributed by atoms with E-state index in [-0.39, 0.29) is 0 Å². The van der Waals surface area contributed by atoms with Crippen LogP contribution in [-0.2, 0) is 0 Å². The molecule has 0 aliphatic heterocycles. The molecule has 0 aliphatic rings. The predicted molar refractivity (Wildman–Crippen MR) is 313 cm³/mol. The van der Waals surface area contributed by atoms with Crippen LogP contribution < -0.4 is 0 Å². The molecule has 0 bridgehead atoms. The average molecular weight is 939 g/mol. The molecule has 0 radical (unpaired) electrons. The van der Waals surface area contributed by atoms with E-state index in [1.165, 1.54) is 92.5 Å². The Hall–Kier alpha value is -9.76. The quantitative estimate of drug-likeness (QED) is 0.161. The number of para-hydroxylation sites is 2. The van der Waals surface area contributed by atoms with Crippen molar-refractivity contribution < 1.29 is 8.83 Å². The van der Waals surface area contributed by atoms with Gasteiger partial charge in [-0.2, -0.15) is 0 Å². The molecule has 16 rings (SSSR count). The minimum Gasteiger partial charge on any atom is -0.456 e. The lowest BCUT2D eigenvalue weighted by molar-refractivity contribution is 0.668. The van der Waals surface area contributed by atoms with Gasteiger partial charge in [0.25, 0.3) is 0 Å². The first-order valence-electron chi connectivity index (χ1n) is 25.5. The molecule has 0 saturated heterocycles. The van der Waals surface area contributed by atoms with Gasteiger partial charge in [-0.1, -0.05) is 188 Å². The van der Waals surface area contributed by atoms with Gasteiger partial charge in [0.2, 0.25) is 0 Å². The van der Waals surface area contributed by atoms with Crippen molar-refractivity contribution >= 4 is 109 Å². The maximum Gasteiger partial charge on any atom is 0.136 e. The predicted octanol–water partition coefficient (Wildman–Crippen LogP) is 20.7. The standard InChI is InChI=1S/C72H42O2/c1-2-16-54-52(14-1)53-15-3-4-17-55(53)68-40-49(28-33-58(54)68)51-30-24-45(37-65(51)50-29-35-64-62-21-8-10-23-70(62)74-72(64)42-50)47-26-32-60-59-31-25-46(38-66(59)56-18-5-6-19-57(56)67(60)39-47)43-12-11-13-44(36-43)48-27-34-63-61-20-7-9-22-69(61)73-71(63)41-48/h1-42H. The summed E-state index contributed by atoms with van der Waals surface area (Å²) in [6.45, 7) is 0. The molecule has 2 nitrogen and oxygen atoms in total. The summed E-state index contributed by atoms with van der Waals surface area (Å²) >= 11 is 0. The van der Waals surface area contributed by atoms with Gasteiger partial charge in [-0.3, -0.25) is 0 Å². The van der Waals surface area contributed by atoms with Gasteiger partial charge in [0.1, 0.15) is 22.3 Å². The maximum atomic E-state index is 6.52. The fourth-order valence-electron chi connectivity index (χ4n) is 12.3. The summed E-state index contributed by atoms with van der Waals surface area (Å²) in [5.74, 6) is 0. The Balaban J connectivity index is 0.834. The van der Waals surface area contributed by atoms with Crippen molar-refractivity contribution in [3.8, 4) is 55.6 Å². The van der Waals surface area contributed by atoms with E-state index in [4.69, 9.17) is 8.83 Å². The van der Waals surface area contributed by atoms with E-state index >= 15 is 0 Å². The number of benzene rings is 14. The zero-order valence-corrected chi connectivity index (χ0v) is 40.1. The summed E-state index contributed by atoms with van der Waals surface area (Å²) in [4.78, 5) is 0. The van der Waals surface area contributed by atoms with Crippen molar-refractivity contribution in [1.29, 1.82) is 0 Å². The van der Waals surface area contributed by atoms with E-state index in [1.807, 2.05) is 18.2 Å². The molecule has 0 amide bonds. The number of furan rings is 2. The molecule has 0 fully saturated rings. The molecule has 2 aromatic heterocycles. The highest BCUT2D eigenvalue weighted by molar-refractivity contribution is 6.27. The second-order valence-corrected chi connectivity index (χ2v) is 19.9. The van der Waals surface area contributed by atoms with Gasteiger partial charge in [-0.25, -0.2) is 0 Å². The summed E-state index contributed by atoms with van der Waals surface area (Å²) in [6.07, 6.45) is 0. The van der Waals surface area contributed by atoms with Crippen LogP contribution in [0.15, 0.2) is 264 Å². The smallest absolute Gasteiger partial charge is 0.136 e. The van der Waals surface area contributed by atoms with Crippen LogP contribution in [0.3, 0.4) is 0 Å². The third-order valence-electron chi connectivity index (χ3n) is 15.8. The Kier molecular flexibility index (Phi) is 8.78. The molecule has 16 aromatic rings. The highest BCUT2D eigenvalue weighted by Gasteiger charge is 2.18. The van der Waals surface area contributed by atoms with E-state index in [0.717, 1.165) is 71.7 Å². The summed E-state index contributed by atoms with van der Waals surface area (Å²) in [6, 6.07) is 93.4. The SMILES string of the molecule is c1cc(-c2ccc3c(c2)oc2ccccc23)cc(-c2ccc3c4ccc(-c5ccc(-c6ccc7c8ccccc8c8ccccc8c7c6)c(-c6ccc7c(c6)oc6ccccc67)c5)cc4c4ccccc4c3c2)c1. The molecule has 0 saturated carbocycles. The van der Waals surface area contributed by atoms with Crippen molar-refractivity contribution in [2.24, 2.45) is 0 Å². The van der Waals surface area contributed by atoms with Gasteiger partial charge in [0.15, 0.2) is 0 Å². The van der Waals surface area contributed by atoms with Crippen LogP contribution in [0.2, 0.25) is 0 Å². The Morgan fingerprint density at radius 2 is 0.446 bits per heavy atom. The molecule has 0 aliphatic carbocycles. The van der Waals surface area contributed by atoms with E-state index in [1.54, 1.807) is 0 Å². The number of fused-ring (bicyclic) bond motifs is 18. The summed E-state index contributed by atoms with van der Waals surface area (Å²) in [5.41, 5.74) is 15.2. The molecule has 0 spiro atoms. The fourth-order valence-corrected chi connectivity index (χ4v) is 12.3. The fraction of sp³-hybridized carbons (Fsp3) is 0. The van der Waals surface area contributed by atoms with Crippen molar-refractivity contribution in [2.75, 3.05) is 0 Å². The van der Waals surface area contributed by atoms with Crippen LogP contribution in [0, 0.1) is 0 Å². The molecule has 0 atom stereocenters. The first kappa shape index (κ1) is 40.9. The first-order valence-corrected chi connectivity index (χ1v) is 25.5. The van der Waals surface area contributed by atoms with Gasteiger partial charge >= 0.3 is 0 Å². The van der Waals surface area contributed by atoms with E-state index in [2.05, 4.69) is 237 Å². The lowest BCUT2D eigenvalue weighted by atomic mass is 9.87. The van der Waals surface area contributed by atoms with Crippen molar-refractivity contribution in [3.05, 3.63) is 255 Å². The van der Waals surface area contributed by atoms with Gasteiger partial charge in [-0.15, -0.1) is 0 Å². The van der Waals surface area contributed by atoms with Crippen LogP contribution in [0.4, 0.5) is 0 Å². The molecule has 2 heterocycles. The van der Waals surface area contributed by atoms with Crippen LogP contribution >= 0.6 is 0 Å². The zero-order valence-electron chi connectivity index (χ0n) is 40.1. The lowest BCUT2D eigenvalue weighted by Gasteiger charge is -2.17. The molecular weight excluding hydrogens is 897 g/mol. The Morgan fingerprint density at radius 3 is 0.932 bits per heavy atom. The molecule has 0 unspecified atom stereocenters. The molecule has 74 heavy (non-hydrogen) atoms. The third kappa shape index (κ3) is 6.25. The molecule has 342 valence electrons. The van der Waals surface area contributed by atoms with E-state index in [9.17, 15) is 0 Å². The van der Waals surface area contributed by atoms with E-state index in [0.29, 0.717) is 0 Å². The van der Waals surface area contributed by atoms with Crippen LogP contribution in [0.1, 0.15) is 0 Å². The van der Waals surface area contributed by atoms with Crippen LogP contribution in [0.25, 0.3) is 164 Å². The number of hydrogen-bond donors (Lipinski definition) is 0. The topological polar surface area (TPSA) is 26.3 Å². The van der Waals surface area contributed by atoms with Crippen LogP contribution in [0.5, 0.6) is 0 Å². The minimum atomic E-state index is 0.886. The van der Waals surface area contributed by atoms with Gasteiger partial charge in [-0.05, 0) is 187 Å². The molecule has 14 aromatic carbocycles. The Labute approximate surface area is 425 Å². The summed E-state index contributed by atoms with van der Waals surface area (Å²) < 4.78 is 12.8. The molecule has 0 N–H and O–H groups in total. The monoisotopic (exact) mass is 938 g/mol. The molecular formula is C72H42O2. The summed E-state index contributed by atoms with van der Waals surface area (Å²) in [7, 11) is 0. The zero-order chi connectivity index (χ0) is 48.4. The minimum absolute atomic E-state index is 0.886. The Bertz CT molecular complexity index is 4970. The molecule has 2 heteroatoms. The van der Waals surface area contributed by atoms with Gasteiger partial charge in [0.05, 0.1) is 0 Å².